The van der Waals surface area contributed by atoms with Crippen LogP contribution in [0.4, 0.5) is 0 Å². The first-order valence-electron chi connectivity index (χ1n) is 11.9. The van der Waals surface area contributed by atoms with Crippen LogP contribution in [0, 0.1) is 0 Å². The second-order valence-electron chi connectivity index (χ2n) is 8.08. The van der Waals surface area contributed by atoms with Crippen LogP contribution in [0.3, 0.4) is 0 Å². The van der Waals surface area contributed by atoms with E-state index >= 15 is 0 Å². The number of carbonyl (C=O) groups excluding carboxylic acids is 2. The second-order valence-corrected chi connectivity index (χ2v) is 8.08. The molecule has 0 heterocycles. The molecule has 0 aliphatic rings. The summed E-state index contributed by atoms with van der Waals surface area (Å²) in [6.07, 6.45) is 18.0. The minimum atomic E-state index is -0.640. The number of nitrogens with two attached hydrogens (primary N) is 2. The molecule has 0 radical (unpaired) electrons. The maximum Gasteiger partial charge on any atom is 0.328 e. The molecule has 0 saturated heterocycles. The molecule has 0 aromatic carbocycles. The summed E-state index contributed by atoms with van der Waals surface area (Å²) < 4.78 is 4.77. The first-order valence-corrected chi connectivity index (χ1v) is 11.9. The smallest absolute Gasteiger partial charge is 0.328 e. The van der Waals surface area contributed by atoms with Gasteiger partial charge in [-0.15, -0.1) is 0 Å². The number of hydrogen-bond acceptors (Lipinski definition) is 4. The van der Waals surface area contributed by atoms with Gasteiger partial charge >= 0.3 is 5.97 Å². The monoisotopic (exact) mass is 426 g/mol. The van der Waals surface area contributed by atoms with E-state index < -0.39 is 12.0 Å². The average molecular weight is 427 g/mol. The molecule has 1 amide bonds. The zero-order chi connectivity index (χ0) is 22.5. The fourth-order valence-electron chi connectivity index (χ4n) is 3.46. The normalized spacial score (nSPS) is 11.7. The van der Waals surface area contributed by atoms with E-state index in [1.807, 2.05) is 0 Å². The minimum Gasteiger partial charge on any atom is -0.467 e. The van der Waals surface area contributed by atoms with E-state index in [0.29, 0.717) is 25.8 Å². The summed E-state index contributed by atoms with van der Waals surface area (Å²) in [4.78, 5) is 27.9. The van der Waals surface area contributed by atoms with Gasteiger partial charge in [0.15, 0.2) is 5.96 Å². The summed E-state index contributed by atoms with van der Waals surface area (Å²) in [5, 5.41) is 2.77. The van der Waals surface area contributed by atoms with Crippen LogP contribution in [0.25, 0.3) is 0 Å². The Bertz CT molecular complexity index is 465. The molecule has 7 heteroatoms. The van der Waals surface area contributed by atoms with Crippen molar-refractivity contribution in [2.45, 2.75) is 116 Å². The molecule has 0 bridgehead atoms. The van der Waals surface area contributed by atoms with Gasteiger partial charge in [0.05, 0.1) is 7.11 Å². The topological polar surface area (TPSA) is 120 Å². The van der Waals surface area contributed by atoms with Crippen molar-refractivity contribution in [3.8, 4) is 0 Å². The highest BCUT2D eigenvalue weighted by molar-refractivity contribution is 5.84. The number of methoxy groups -OCH3 is 1. The standard InChI is InChI=1S/C23H46N4O3/c1-3-4-5-6-7-8-9-10-11-12-13-14-15-18-21(28)27-20(22(29)30-2)17-16-19-26-23(24)25/h20H,3-19H2,1-2H3,(H,27,28)(H4,24,25,26). The summed E-state index contributed by atoms with van der Waals surface area (Å²) in [6, 6.07) is -0.640. The van der Waals surface area contributed by atoms with E-state index in [1.165, 1.54) is 77.7 Å². The van der Waals surface area contributed by atoms with Crippen LogP contribution in [0.1, 0.15) is 110 Å². The van der Waals surface area contributed by atoms with Crippen LogP contribution in [0.5, 0.6) is 0 Å². The predicted molar refractivity (Wildman–Crippen MR) is 124 cm³/mol. The van der Waals surface area contributed by atoms with Crippen molar-refractivity contribution in [3.63, 3.8) is 0 Å². The third-order valence-corrected chi connectivity index (χ3v) is 5.27. The second kappa shape index (κ2) is 20.5. The molecule has 0 aromatic rings. The molecule has 176 valence electrons. The lowest BCUT2D eigenvalue weighted by molar-refractivity contribution is -0.145. The van der Waals surface area contributed by atoms with Crippen molar-refractivity contribution in [2.24, 2.45) is 16.5 Å². The summed E-state index contributed by atoms with van der Waals surface area (Å²) in [7, 11) is 1.32. The largest absolute Gasteiger partial charge is 0.467 e. The van der Waals surface area contributed by atoms with Crippen molar-refractivity contribution in [1.82, 2.24) is 5.32 Å². The molecule has 1 atom stereocenters. The van der Waals surface area contributed by atoms with E-state index in [4.69, 9.17) is 16.2 Å². The van der Waals surface area contributed by atoms with Crippen molar-refractivity contribution >= 4 is 17.8 Å². The number of rotatable bonds is 20. The number of ether oxygens (including phenoxy) is 1. The SMILES string of the molecule is CCCCCCCCCCCCCCCC(=O)NC(CCCN=C(N)N)C(=O)OC. The summed E-state index contributed by atoms with van der Waals surface area (Å²) in [5.41, 5.74) is 10.6. The van der Waals surface area contributed by atoms with Crippen LogP contribution < -0.4 is 16.8 Å². The van der Waals surface area contributed by atoms with Crippen LogP contribution in [-0.4, -0.2) is 37.5 Å². The lowest BCUT2D eigenvalue weighted by atomic mass is 10.0. The van der Waals surface area contributed by atoms with E-state index in [-0.39, 0.29) is 11.9 Å². The highest BCUT2D eigenvalue weighted by Gasteiger charge is 2.20. The molecule has 0 fully saturated rings. The van der Waals surface area contributed by atoms with Gasteiger partial charge in [-0.1, -0.05) is 84.0 Å². The first-order chi connectivity index (χ1) is 14.5. The maximum absolute atomic E-state index is 12.1. The highest BCUT2D eigenvalue weighted by atomic mass is 16.5. The number of esters is 1. The summed E-state index contributed by atoms with van der Waals surface area (Å²) in [5.74, 6) is -0.509. The summed E-state index contributed by atoms with van der Waals surface area (Å²) in [6.45, 7) is 2.68. The van der Waals surface area contributed by atoms with Gasteiger partial charge in [0.1, 0.15) is 6.04 Å². The summed E-state index contributed by atoms with van der Waals surface area (Å²) >= 11 is 0. The number of unbranched alkanes of at least 4 members (excludes halogenated alkanes) is 12. The number of nitrogens with zero attached hydrogens (tertiary/aromatic N) is 1. The van der Waals surface area contributed by atoms with Crippen molar-refractivity contribution in [3.05, 3.63) is 0 Å². The zero-order valence-corrected chi connectivity index (χ0v) is 19.4. The van der Waals surface area contributed by atoms with Gasteiger partial charge in [0.25, 0.3) is 0 Å². The molecule has 0 aromatic heterocycles. The average Bonchev–Trinajstić information content (AvgIpc) is 2.72. The van der Waals surface area contributed by atoms with Gasteiger partial charge in [-0.25, -0.2) is 4.79 Å². The fraction of sp³-hybridized carbons (Fsp3) is 0.870. The quantitative estimate of drug-likeness (QED) is 0.117. The number of nitrogens with one attached hydrogen (secondary N) is 1. The van der Waals surface area contributed by atoms with Crippen LogP contribution in [0.15, 0.2) is 4.99 Å². The lowest BCUT2D eigenvalue weighted by Gasteiger charge is -2.16. The predicted octanol–water partition coefficient (Wildman–Crippen LogP) is 4.18. The van der Waals surface area contributed by atoms with E-state index in [1.54, 1.807) is 0 Å². The van der Waals surface area contributed by atoms with Crippen molar-refractivity contribution < 1.29 is 14.3 Å². The number of hydrogen-bond donors (Lipinski definition) is 3. The molecule has 0 rings (SSSR count). The van der Waals surface area contributed by atoms with Gasteiger partial charge in [-0.05, 0) is 19.3 Å². The van der Waals surface area contributed by atoms with Crippen LogP contribution in [0.2, 0.25) is 0 Å². The lowest BCUT2D eigenvalue weighted by Crippen LogP contribution is -2.41. The Morgan fingerprint density at radius 3 is 1.80 bits per heavy atom. The zero-order valence-electron chi connectivity index (χ0n) is 19.4. The highest BCUT2D eigenvalue weighted by Crippen LogP contribution is 2.13. The molecular weight excluding hydrogens is 380 g/mol. The molecule has 5 N–H and O–H groups in total. The van der Waals surface area contributed by atoms with Gasteiger partial charge in [0.2, 0.25) is 5.91 Å². The van der Waals surface area contributed by atoms with Gasteiger partial charge in [-0.3, -0.25) is 9.79 Å². The number of aliphatic imine (C=N–C) groups is 1. The Balaban J connectivity index is 3.70. The molecule has 1 unspecified atom stereocenters. The minimum absolute atomic E-state index is 0.0241. The van der Waals surface area contributed by atoms with E-state index in [2.05, 4.69) is 17.2 Å². The molecule has 0 aliphatic carbocycles. The van der Waals surface area contributed by atoms with Gasteiger partial charge in [-0.2, -0.15) is 0 Å². The van der Waals surface area contributed by atoms with E-state index in [9.17, 15) is 9.59 Å². The number of amides is 1. The Kier molecular flexibility index (Phi) is 19.3. The third kappa shape index (κ3) is 18.3. The molecule has 0 aliphatic heterocycles. The fourth-order valence-corrected chi connectivity index (χ4v) is 3.46. The van der Waals surface area contributed by atoms with Crippen LogP contribution in [-0.2, 0) is 14.3 Å². The molecule has 0 saturated carbocycles. The van der Waals surface area contributed by atoms with Gasteiger partial charge < -0.3 is 21.5 Å². The number of guanidine groups is 1. The van der Waals surface area contributed by atoms with Crippen LogP contribution >= 0.6 is 0 Å². The molecule has 30 heavy (non-hydrogen) atoms. The van der Waals surface area contributed by atoms with Crippen molar-refractivity contribution in [2.75, 3.05) is 13.7 Å². The molecular formula is C23H46N4O3. The Labute approximate surface area is 183 Å². The third-order valence-electron chi connectivity index (χ3n) is 5.27. The first kappa shape index (κ1) is 28.2. The number of carbonyl (C=O) groups is 2. The Hall–Kier alpha value is -1.79. The molecule has 0 spiro atoms. The maximum atomic E-state index is 12.1. The Morgan fingerprint density at radius 1 is 0.833 bits per heavy atom. The van der Waals surface area contributed by atoms with E-state index in [0.717, 1.165) is 12.8 Å². The van der Waals surface area contributed by atoms with Crippen molar-refractivity contribution in [1.29, 1.82) is 0 Å². The van der Waals surface area contributed by atoms with Gasteiger partial charge in [0, 0.05) is 13.0 Å². The Morgan fingerprint density at radius 2 is 1.33 bits per heavy atom. The molecule has 7 nitrogen and oxygen atoms in total.